The molecule has 6 heterocycles. The first-order valence-electron chi connectivity index (χ1n) is 17.3. The van der Waals surface area contributed by atoms with Crippen molar-refractivity contribution in [3.63, 3.8) is 0 Å². The van der Waals surface area contributed by atoms with Gasteiger partial charge in [-0.1, -0.05) is 6.92 Å². The molecule has 0 unspecified atom stereocenters. The minimum absolute atomic E-state index is 0.0164. The number of rotatable bonds is 1. The first kappa shape index (κ1) is 34.0. The molecule has 1 N–H and O–H groups in total. The summed E-state index contributed by atoms with van der Waals surface area (Å²) in [5.74, 6) is 1.98. The molecule has 0 saturated carbocycles. The minimum Gasteiger partial charge on any atom is -0.477 e. The molecule has 2 bridgehead atoms. The van der Waals surface area contributed by atoms with E-state index in [4.69, 9.17) is 18.8 Å². The Morgan fingerprint density at radius 1 is 1.14 bits per heavy atom. The van der Waals surface area contributed by atoms with E-state index in [-0.39, 0.29) is 23.3 Å². The number of carbonyl (C=O) groups excluding carboxylic acids is 2. The average molecular weight is 703 g/mol. The lowest BCUT2D eigenvalue weighted by molar-refractivity contribution is -0.0378. The Morgan fingerprint density at radius 3 is 2.64 bits per heavy atom. The number of fused-ring (bicyclic) bond motifs is 7. The molecule has 266 valence electrons. The summed E-state index contributed by atoms with van der Waals surface area (Å²) >= 11 is 0. The normalized spacial score (nSPS) is 20.4. The Labute approximate surface area is 292 Å². The lowest BCUT2D eigenvalue weighted by Crippen LogP contribution is -2.61. The van der Waals surface area contributed by atoms with Crippen LogP contribution in [-0.4, -0.2) is 82.2 Å². The van der Waals surface area contributed by atoms with Crippen molar-refractivity contribution in [2.45, 2.75) is 72.4 Å². The number of aryl methyl sites for hydroxylation is 2. The van der Waals surface area contributed by atoms with Crippen LogP contribution in [0.1, 0.15) is 69.4 Å². The standard InChI is InChI=1S/C36H46N8O5S/c1-23-8-7-13-48-32-27(19-37-42(32)6)29-17-25(16-24(2)38-29)31(45)40-33-39-28-10-9-26(18-30(28)44(33)20-23)41-50(47)14-11-36(12-15-50)21-43(22-36)34(46)49-35(3,4)5/h9-10,16-19,23H,7-8,11-15,20-22H2,1-6H3,(H,39,40,45)/t23-/m1/s1. The van der Waals surface area contributed by atoms with Crippen molar-refractivity contribution < 1.29 is 23.3 Å². The van der Waals surface area contributed by atoms with E-state index in [1.165, 1.54) is 0 Å². The zero-order chi connectivity index (χ0) is 35.4. The number of imidazole rings is 1. The van der Waals surface area contributed by atoms with Crippen molar-refractivity contribution in [3.8, 4) is 17.1 Å². The van der Waals surface area contributed by atoms with Crippen LogP contribution in [-0.2, 0) is 28.1 Å². The number of hydrogen-bond donors (Lipinski definition) is 1. The number of nitrogens with one attached hydrogen (secondary N) is 1. The van der Waals surface area contributed by atoms with Gasteiger partial charge in [0.2, 0.25) is 11.8 Å². The highest BCUT2D eigenvalue weighted by atomic mass is 32.2. The second-order valence-electron chi connectivity index (χ2n) is 15.2. The van der Waals surface area contributed by atoms with Crippen molar-refractivity contribution in [2.75, 3.05) is 36.5 Å². The molecule has 2 amide bonds. The second-order valence-corrected chi connectivity index (χ2v) is 17.8. The van der Waals surface area contributed by atoms with E-state index in [0.717, 1.165) is 42.3 Å². The largest absolute Gasteiger partial charge is 0.477 e. The number of hydrogen-bond acceptors (Lipinski definition) is 9. The summed E-state index contributed by atoms with van der Waals surface area (Å²) < 4.78 is 34.3. The molecule has 2 saturated heterocycles. The van der Waals surface area contributed by atoms with Crippen LogP contribution in [0.2, 0.25) is 0 Å². The van der Waals surface area contributed by atoms with Gasteiger partial charge in [-0.2, -0.15) is 9.46 Å². The molecule has 3 aliphatic rings. The highest BCUT2D eigenvalue weighted by Gasteiger charge is 2.48. The first-order valence-corrected chi connectivity index (χ1v) is 19.2. The van der Waals surface area contributed by atoms with Crippen LogP contribution < -0.4 is 10.1 Å². The molecular weight excluding hydrogens is 657 g/mol. The predicted octanol–water partition coefficient (Wildman–Crippen LogP) is 6.33. The lowest BCUT2D eigenvalue weighted by Gasteiger charge is -2.52. The molecule has 3 aliphatic heterocycles. The molecule has 3 aromatic heterocycles. The summed E-state index contributed by atoms with van der Waals surface area (Å²) in [6.07, 6.45) is 4.65. The number of likely N-dealkylation sites (tertiary alicyclic amines) is 1. The zero-order valence-corrected chi connectivity index (χ0v) is 30.5. The van der Waals surface area contributed by atoms with Crippen LogP contribution in [0.25, 0.3) is 22.3 Å². The number of aromatic nitrogens is 5. The quantitative estimate of drug-likeness (QED) is 0.242. The fourth-order valence-corrected chi connectivity index (χ4v) is 9.52. The molecule has 0 radical (unpaired) electrons. The van der Waals surface area contributed by atoms with Gasteiger partial charge in [0, 0.05) is 54.9 Å². The number of ether oxygens (including phenoxy) is 2. The van der Waals surface area contributed by atoms with Crippen LogP contribution >= 0.6 is 0 Å². The molecule has 4 aromatic rings. The monoisotopic (exact) mass is 702 g/mol. The molecule has 7 rings (SSSR count). The summed E-state index contributed by atoms with van der Waals surface area (Å²) in [6.45, 7) is 12.0. The molecule has 1 aromatic carbocycles. The maximum absolute atomic E-state index is 14.0. The van der Waals surface area contributed by atoms with Gasteiger partial charge in [-0.15, -0.1) is 0 Å². The minimum atomic E-state index is -2.48. The van der Waals surface area contributed by atoms with E-state index in [0.29, 0.717) is 72.2 Å². The summed E-state index contributed by atoms with van der Waals surface area (Å²) in [6, 6.07) is 9.18. The molecule has 2 fully saturated rings. The Bertz CT molecular complexity index is 2080. The fourth-order valence-electron chi connectivity index (χ4n) is 7.13. The Balaban J connectivity index is 1.15. The number of carbonyl (C=O) groups is 2. The Kier molecular flexibility index (Phi) is 8.64. The number of anilines is 1. The van der Waals surface area contributed by atoms with Crippen molar-refractivity contribution in [3.05, 3.63) is 47.8 Å². The third kappa shape index (κ3) is 6.94. The van der Waals surface area contributed by atoms with E-state index in [9.17, 15) is 13.8 Å². The van der Waals surface area contributed by atoms with Crippen LogP contribution in [0.5, 0.6) is 5.88 Å². The zero-order valence-electron chi connectivity index (χ0n) is 29.7. The molecule has 0 aliphatic carbocycles. The second kappa shape index (κ2) is 12.7. The number of benzene rings is 1. The van der Waals surface area contributed by atoms with E-state index in [2.05, 4.69) is 22.3 Å². The fraction of sp³-hybridized carbons (Fsp3) is 0.528. The van der Waals surface area contributed by atoms with Crippen molar-refractivity contribution in [1.82, 2.24) is 29.2 Å². The molecule has 50 heavy (non-hydrogen) atoms. The summed E-state index contributed by atoms with van der Waals surface area (Å²) in [4.78, 5) is 37.5. The first-order chi connectivity index (χ1) is 23.7. The molecule has 13 nitrogen and oxygen atoms in total. The number of nitrogens with zero attached hydrogens (tertiary/aromatic N) is 7. The van der Waals surface area contributed by atoms with Crippen molar-refractivity contribution >= 4 is 44.4 Å². The molecule has 14 heteroatoms. The predicted molar refractivity (Wildman–Crippen MR) is 192 cm³/mol. The van der Waals surface area contributed by atoms with Gasteiger partial charge in [0.15, 0.2) is 0 Å². The van der Waals surface area contributed by atoms with Crippen LogP contribution in [0.15, 0.2) is 40.9 Å². The van der Waals surface area contributed by atoms with Crippen LogP contribution in [0.3, 0.4) is 0 Å². The van der Waals surface area contributed by atoms with Gasteiger partial charge < -0.3 is 18.9 Å². The van der Waals surface area contributed by atoms with Crippen LogP contribution in [0.4, 0.5) is 16.4 Å². The Hall–Kier alpha value is -4.46. The van der Waals surface area contributed by atoms with Crippen LogP contribution in [0, 0.1) is 18.3 Å². The summed E-state index contributed by atoms with van der Waals surface area (Å²) in [5, 5.41) is 7.45. The smallest absolute Gasteiger partial charge is 0.410 e. The van der Waals surface area contributed by atoms with E-state index in [1.807, 2.05) is 57.5 Å². The average Bonchev–Trinajstić information content (AvgIpc) is 3.55. The van der Waals surface area contributed by atoms with Crippen molar-refractivity contribution in [2.24, 2.45) is 22.7 Å². The number of amides is 2. The van der Waals surface area contributed by atoms with E-state index < -0.39 is 15.3 Å². The van der Waals surface area contributed by atoms with Gasteiger partial charge in [0.25, 0.3) is 5.91 Å². The number of pyridine rings is 1. The molecule has 1 atom stereocenters. The molecule has 1 spiro atoms. The van der Waals surface area contributed by atoms with Gasteiger partial charge in [0.1, 0.15) is 5.60 Å². The van der Waals surface area contributed by atoms with E-state index >= 15 is 0 Å². The van der Waals surface area contributed by atoms with E-state index in [1.54, 1.807) is 27.9 Å². The Morgan fingerprint density at radius 2 is 1.90 bits per heavy atom. The maximum Gasteiger partial charge on any atom is 0.410 e. The highest BCUT2D eigenvalue weighted by Crippen LogP contribution is 2.43. The highest BCUT2D eigenvalue weighted by molar-refractivity contribution is 7.93. The van der Waals surface area contributed by atoms with Gasteiger partial charge in [0.05, 0.1) is 50.5 Å². The van der Waals surface area contributed by atoms with Crippen molar-refractivity contribution in [1.29, 1.82) is 0 Å². The SMILES string of the molecule is Cc1cc2cc(n1)-c1cnn(C)c1OCCC[C@@H](C)Cn1c(nc3ccc(N=S4(=O)CCC5(CC4)CN(C(=O)OC(C)(C)C)C5)cc31)NC2=O. The van der Waals surface area contributed by atoms with Gasteiger partial charge in [-0.25, -0.2) is 18.7 Å². The third-order valence-electron chi connectivity index (χ3n) is 9.79. The van der Waals surface area contributed by atoms with Gasteiger partial charge in [-0.05, 0) is 89.6 Å². The summed E-state index contributed by atoms with van der Waals surface area (Å²) in [5.41, 5.74) is 4.12. The lowest BCUT2D eigenvalue weighted by atomic mass is 9.75. The molecular formula is C36H46N8O5S. The maximum atomic E-state index is 14.0. The van der Waals surface area contributed by atoms with Gasteiger partial charge in [-0.3, -0.25) is 15.1 Å². The summed E-state index contributed by atoms with van der Waals surface area (Å²) in [7, 11) is -0.649. The van der Waals surface area contributed by atoms with Gasteiger partial charge >= 0.3 is 6.09 Å². The third-order valence-corrected chi connectivity index (χ3v) is 12.0. The topological polar surface area (TPSA) is 146 Å².